The fourth-order valence-corrected chi connectivity index (χ4v) is 2.79. The zero-order valence-corrected chi connectivity index (χ0v) is 13.8. The number of ether oxygens (including phenoxy) is 1. The van der Waals surface area contributed by atoms with Crippen LogP contribution in [0.15, 0.2) is 41.8 Å². The highest BCUT2D eigenvalue weighted by molar-refractivity contribution is 7.09. The number of alkyl halides is 3. The molecule has 1 amide bonds. The molecule has 24 heavy (non-hydrogen) atoms. The molecule has 1 aromatic heterocycles. The average Bonchev–Trinajstić information content (AvgIpc) is 3.00. The quantitative estimate of drug-likeness (QED) is 0.810. The first-order valence-electron chi connectivity index (χ1n) is 7.26. The van der Waals surface area contributed by atoms with Crippen molar-refractivity contribution in [2.75, 3.05) is 18.4 Å². The topological polar surface area (TPSA) is 41.6 Å². The number of thiophene rings is 1. The molecule has 1 aromatic carbocycles. The molecule has 2 aromatic rings. The molecule has 1 heterocycles. The molecule has 0 aliphatic rings. The highest BCUT2D eigenvalue weighted by Gasteiger charge is 2.30. The number of benzene rings is 1. The van der Waals surface area contributed by atoms with E-state index in [1.54, 1.807) is 11.3 Å². The highest BCUT2D eigenvalue weighted by atomic mass is 32.1. The molecule has 0 saturated carbocycles. The summed E-state index contributed by atoms with van der Waals surface area (Å²) in [6, 6.07) is 9.02. The van der Waals surface area contributed by atoms with Crippen molar-refractivity contribution >= 4 is 22.9 Å². The summed E-state index contributed by atoms with van der Waals surface area (Å²) in [6.07, 6.45) is -4.73. The second-order valence-corrected chi connectivity index (χ2v) is 6.04. The van der Waals surface area contributed by atoms with Crippen LogP contribution in [0.5, 0.6) is 5.75 Å². The normalized spacial score (nSPS) is 11.5. The summed E-state index contributed by atoms with van der Waals surface area (Å²) in [4.78, 5) is 15.2. The van der Waals surface area contributed by atoms with Gasteiger partial charge in [-0.05, 0) is 42.3 Å². The van der Waals surface area contributed by atoms with E-state index in [1.165, 1.54) is 17.0 Å². The molecule has 1 N–H and O–H groups in total. The lowest BCUT2D eigenvalue weighted by molar-refractivity contribution is -0.274. The smallest absolute Gasteiger partial charge is 0.406 e. The summed E-state index contributed by atoms with van der Waals surface area (Å²) in [6.45, 7) is 3.56. The van der Waals surface area contributed by atoms with Crippen LogP contribution in [0.3, 0.4) is 0 Å². The number of likely N-dealkylation sites (N-methyl/N-ethyl adjacent to an activating group) is 1. The van der Waals surface area contributed by atoms with Crippen LogP contribution in [0.2, 0.25) is 0 Å². The van der Waals surface area contributed by atoms with E-state index in [-0.39, 0.29) is 18.2 Å². The maximum Gasteiger partial charge on any atom is 0.573 e. The second-order valence-electron chi connectivity index (χ2n) is 5.00. The third-order valence-electron chi connectivity index (χ3n) is 3.15. The Morgan fingerprint density at radius 1 is 1.25 bits per heavy atom. The van der Waals surface area contributed by atoms with Gasteiger partial charge in [-0.2, -0.15) is 0 Å². The number of carbonyl (C=O) groups excluding carboxylic acids is 1. The van der Waals surface area contributed by atoms with Crippen LogP contribution in [0.25, 0.3) is 0 Å². The van der Waals surface area contributed by atoms with E-state index in [2.05, 4.69) is 10.1 Å². The van der Waals surface area contributed by atoms with Crippen LogP contribution < -0.4 is 10.1 Å². The largest absolute Gasteiger partial charge is 0.573 e. The van der Waals surface area contributed by atoms with Gasteiger partial charge in [-0.1, -0.05) is 13.0 Å². The van der Waals surface area contributed by atoms with Gasteiger partial charge in [0.05, 0.1) is 6.54 Å². The van der Waals surface area contributed by atoms with Crippen molar-refractivity contribution < 1.29 is 22.7 Å². The van der Waals surface area contributed by atoms with Crippen molar-refractivity contribution in [3.8, 4) is 5.75 Å². The van der Waals surface area contributed by atoms with Gasteiger partial charge in [0.1, 0.15) is 5.75 Å². The van der Waals surface area contributed by atoms with Gasteiger partial charge in [-0.3, -0.25) is 9.69 Å². The fourth-order valence-electron chi connectivity index (χ4n) is 2.05. The molecule has 0 aliphatic carbocycles. The molecule has 0 atom stereocenters. The molecule has 0 unspecified atom stereocenters. The minimum absolute atomic E-state index is 0.204. The molecule has 2 rings (SSSR count). The van der Waals surface area contributed by atoms with E-state index in [4.69, 9.17) is 0 Å². The van der Waals surface area contributed by atoms with Crippen LogP contribution >= 0.6 is 11.3 Å². The first-order chi connectivity index (χ1) is 11.4. The van der Waals surface area contributed by atoms with Crippen molar-refractivity contribution in [2.24, 2.45) is 0 Å². The Balaban J connectivity index is 1.86. The lowest BCUT2D eigenvalue weighted by Gasteiger charge is -2.19. The van der Waals surface area contributed by atoms with Crippen LogP contribution in [0.1, 0.15) is 11.8 Å². The maximum absolute atomic E-state index is 12.1. The van der Waals surface area contributed by atoms with Crippen molar-refractivity contribution in [1.82, 2.24) is 4.90 Å². The number of halogens is 3. The Bertz CT molecular complexity index is 642. The van der Waals surface area contributed by atoms with Gasteiger partial charge >= 0.3 is 6.36 Å². The molecule has 4 nitrogen and oxygen atoms in total. The minimum atomic E-state index is -4.73. The van der Waals surface area contributed by atoms with Crippen molar-refractivity contribution in [1.29, 1.82) is 0 Å². The number of hydrogen-bond donors (Lipinski definition) is 1. The van der Waals surface area contributed by atoms with Gasteiger partial charge < -0.3 is 10.1 Å². The van der Waals surface area contributed by atoms with E-state index in [9.17, 15) is 18.0 Å². The van der Waals surface area contributed by atoms with Crippen molar-refractivity contribution in [3.63, 3.8) is 0 Å². The van der Waals surface area contributed by atoms with Gasteiger partial charge in [0.25, 0.3) is 0 Å². The van der Waals surface area contributed by atoms with Gasteiger partial charge in [0.2, 0.25) is 5.91 Å². The van der Waals surface area contributed by atoms with E-state index in [0.29, 0.717) is 18.8 Å². The van der Waals surface area contributed by atoms with Gasteiger partial charge in [0, 0.05) is 17.1 Å². The average molecular weight is 358 g/mol. The fraction of sp³-hybridized carbons (Fsp3) is 0.312. The predicted octanol–water partition coefficient (Wildman–Crippen LogP) is 4.11. The summed E-state index contributed by atoms with van der Waals surface area (Å²) in [5.74, 6) is -0.550. The zero-order chi connectivity index (χ0) is 17.6. The Labute approximate surface area is 141 Å². The summed E-state index contributed by atoms with van der Waals surface area (Å²) >= 11 is 1.62. The molecule has 8 heteroatoms. The summed E-state index contributed by atoms with van der Waals surface area (Å²) in [5, 5.41) is 4.64. The first-order valence-corrected chi connectivity index (χ1v) is 8.14. The monoisotopic (exact) mass is 358 g/mol. The lowest BCUT2D eigenvalue weighted by Crippen LogP contribution is -2.32. The number of nitrogens with zero attached hydrogens (tertiary/aromatic N) is 1. The number of hydrogen-bond acceptors (Lipinski definition) is 4. The highest BCUT2D eigenvalue weighted by Crippen LogP contribution is 2.24. The van der Waals surface area contributed by atoms with Gasteiger partial charge in [-0.15, -0.1) is 24.5 Å². The van der Waals surface area contributed by atoms with E-state index < -0.39 is 6.36 Å². The summed E-state index contributed by atoms with van der Waals surface area (Å²) in [5.41, 5.74) is 0.418. The lowest BCUT2D eigenvalue weighted by atomic mass is 10.3. The zero-order valence-electron chi connectivity index (χ0n) is 13.0. The Hall–Kier alpha value is -2.06. The molecule has 0 fully saturated rings. The standard InChI is InChI=1S/C16H17F3N2O2S/c1-2-21(10-14-4-3-9-24-14)11-15(22)20-12-5-7-13(8-6-12)23-16(17,18)19/h3-9H,2,10-11H2,1H3,(H,20,22). The maximum atomic E-state index is 12.1. The molecular weight excluding hydrogens is 341 g/mol. The van der Waals surface area contributed by atoms with E-state index >= 15 is 0 Å². The molecule has 0 radical (unpaired) electrons. The second kappa shape index (κ2) is 8.16. The number of nitrogens with one attached hydrogen (secondary N) is 1. The van der Waals surface area contributed by atoms with E-state index in [1.807, 2.05) is 29.3 Å². The number of carbonyl (C=O) groups is 1. The first kappa shape index (κ1) is 18.3. The Morgan fingerprint density at radius 2 is 1.96 bits per heavy atom. The number of amides is 1. The summed E-state index contributed by atoms with van der Waals surface area (Å²) in [7, 11) is 0. The van der Waals surface area contributed by atoms with E-state index in [0.717, 1.165) is 12.1 Å². The molecule has 130 valence electrons. The SMILES string of the molecule is CCN(CC(=O)Nc1ccc(OC(F)(F)F)cc1)Cc1cccs1. The summed E-state index contributed by atoms with van der Waals surface area (Å²) < 4.78 is 40.1. The van der Waals surface area contributed by atoms with Crippen LogP contribution in [-0.2, 0) is 11.3 Å². The van der Waals surface area contributed by atoms with Crippen LogP contribution in [-0.4, -0.2) is 30.3 Å². The molecule has 0 bridgehead atoms. The molecule has 0 spiro atoms. The Kier molecular flexibility index (Phi) is 6.22. The molecular formula is C16H17F3N2O2S. The van der Waals surface area contributed by atoms with Crippen molar-refractivity contribution in [2.45, 2.75) is 19.8 Å². The Morgan fingerprint density at radius 3 is 2.50 bits per heavy atom. The third kappa shape index (κ3) is 6.21. The van der Waals surface area contributed by atoms with Gasteiger partial charge in [0.15, 0.2) is 0 Å². The minimum Gasteiger partial charge on any atom is -0.406 e. The number of anilines is 1. The van der Waals surface area contributed by atoms with Crippen LogP contribution in [0.4, 0.5) is 18.9 Å². The third-order valence-corrected chi connectivity index (χ3v) is 4.01. The number of rotatable bonds is 7. The predicted molar refractivity (Wildman–Crippen MR) is 87.0 cm³/mol. The van der Waals surface area contributed by atoms with Gasteiger partial charge in [-0.25, -0.2) is 0 Å². The van der Waals surface area contributed by atoms with Crippen molar-refractivity contribution in [3.05, 3.63) is 46.7 Å². The van der Waals surface area contributed by atoms with Crippen LogP contribution in [0, 0.1) is 0 Å². The molecule has 0 aliphatic heterocycles. The molecule has 0 saturated heterocycles.